The monoisotopic (exact) mass is 236 g/mol. The molecule has 2 rings (SSSR count). The summed E-state index contributed by atoms with van der Waals surface area (Å²) < 4.78 is 18.2. The highest BCUT2D eigenvalue weighted by Crippen LogP contribution is 2.24. The lowest BCUT2D eigenvalue weighted by Crippen LogP contribution is -1.98. The van der Waals surface area contributed by atoms with Crippen LogP contribution in [0.3, 0.4) is 0 Å². The van der Waals surface area contributed by atoms with Crippen LogP contribution >= 0.6 is 0 Å². The smallest absolute Gasteiger partial charge is 0.371 e. The minimum Gasteiger partial charge on any atom is -0.494 e. The van der Waals surface area contributed by atoms with Crippen LogP contribution in [0, 0.1) is 5.82 Å². The lowest BCUT2D eigenvalue weighted by Gasteiger charge is -2.03. The van der Waals surface area contributed by atoms with Crippen molar-refractivity contribution in [3.05, 3.63) is 36.0 Å². The van der Waals surface area contributed by atoms with E-state index in [1.54, 1.807) is 6.07 Å². The molecule has 2 aromatic rings. The third-order valence-electron chi connectivity index (χ3n) is 2.24. The largest absolute Gasteiger partial charge is 0.494 e. The summed E-state index contributed by atoms with van der Waals surface area (Å²) in [7, 11) is 1.37. The van der Waals surface area contributed by atoms with Crippen molar-refractivity contribution in [2.24, 2.45) is 0 Å². The van der Waals surface area contributed by atoms with Crippen LogP contribution < -0.4 is 4.74 Å². The van der Waals surface area contributed by atoms with Gasteiger partial charge in [-0.1, -0.05) is 0 Å². The van der Waals surface area contributed by atoms with Crippen LogP contribution in [0.2, 0.25) is 0 Å². The van der Waals surface area contributed by atoms with Gasteiger partial charge in [-0.2, -0.15) is 0 Å². The lowest BCUT2D eigenvalue weighted by atomic mass is 10.1. The van der Waals surface area contributed by atoms with E-state index in [4.69, 9.17) is 9.84 Å². The molecule has 0 amide bonds. The van der Waals surface area contributed by atoms with Crippen LogP contribution in [-0.2, 0) is 0 Å². The van der Waals surface area contributed by atoms with Crippen LogP contribution in [0.1, 0.15) is 10.6 Å². The fraction of sp³-hybridized carbons (Fsp3) is 0.0909. The van der Waals surface area contributed by atoms with Gasteiger partial charge in [0.2, 0.25) is 5.82 Å². The number of carboxylic acids is 1. The number of aromatic nitrogens is 2. The molecule has 0 aliphatic rings. The number of imidazole rings is 1. The molecule has 17 heavy (non-hydrogen) atoms. The van der Waals surface area contributed by atoms with E-state index < -0.39 is 11.8 Å². The predicted octanol–water partition coefficient (Wildman–Crippen LogP) is 1.92. The average molecular weight is 236 g/mol. The number of benzene rings is 1. The standard InChI is InChI=1S/C11H9FN2O3/c1-17-9-3-2-6(4-7(9)12)8-5-13-10(14-8)11(15)16/h2-5H,1H3,(H,13,14)(H,15,16). The Morgan fingerprint density at radius 3 is 2.82 bits per heavy atom. The van der Waals surface area contributed by atoms with E-state index in [0.717, 1.165) is 0 Å². The minimum atomic E-state index is -1.16. The first-order valence-electron chi connectivity index (χ1n) is 4.74. The molecule has 1 heterocycles. The molecule has 0 bridgehead atoms. The lowest BCUT2D eigenvalue weighted by molar-refractivity contribution is 0.0685. The number of methoxy groups -OCH3 is 1. The van der Waals surface area contributed by atoms with Crippen molar-refractivity contribution in [3.8, 4) is 17.0 Å². The van der Waals surface area contributed by atoms with Gasteiger partial charge >= 0.3 is 5.97 Å². The van der Waals surface area contributed by atoms with Gasteiger partial charge in [-0.05, 0) is 18.2 Å². The number of rotatable bonds is 3. The maximum atomic E-state index is 13.4. The van der Waals surface area contributed by atoms with E-state index in [-0.39, 0.29) is 11.6 Å². The number of H-pyrrole nitrogens is 1. The van der Waals surface area contributed by atoms with Crippen molar-refractivity contribution >= 4 is 5.97 Å². The maximum Gasteiger partial charge on any atom is 0.371 e. The first-order chi connectivity index (χ1) is 8.11. The van der Waals surface area contributed by atoms with Crippen LogP contribution in [0.5, 0.6) is 5.75 Å². The molecule has 0 fully saturated rings. The highest BCUT2D eigenvalue weighted by molar-refractivity contribution is 5.84. The molecule has 5 nitrogen and oxygen atoms in total. The van der Waals surface area contributed by atoms with Crippen molar-refractivity contribution in [2.75, 3.05) is 7.11 Å². The Bertz CT molecular complexity index is 566. The Morgan fingerprint density at radius 1 is 1.53 bits per heavy atom. The number of hydrogen-bond donors (Lipinski definition) is 2. The molecule has 1 aromatic heterocycles. The van der Waals surface area contributed by atoms with Crippen molar-refractivity contribution in [2.45, 2.75) is 0 Å². The fourth-order valence-corrected chi connectivity index (χ4v) is 1.41. The van der Waals surface area contributed by atoms with E-state index in [9.17, 15) is 9.18 Å². The third kappa shape index (κ3) is 2.10. The molecule has 0 unspecified atom stereocenters. The Kier molecular flexibility index (Phi) is 2.78. The van der Waals surface area contributed by atoms with Gasteiger partial charge in [-0.3, -0.25) is 0 Å². The summed E-state index contributed by atoms with van der Waals surface area (Å²) in [6, 6.07) is 4.32. The van der Waals surface area contributed by atoms with Crippen LogP contribution in [0.4, 0.5) is 4.39 Å². The summed E-state index contributed by atoms with van der Waals surface area (Å²) >= 11 is 0. The van der Waals surface area contributed by atoms with Gasteiger partial charge in [0.05, 0.1) is 19.0 Å². The molecule has 0 atom stereocenters. The zero-order valence-corrected chi connectivity index (χ0v) is 8.90. The highest BCUT2D eigenvalue weighted by atomic mass is 19.1. The maximum absolute atomic E-state index is 13.4. The Hall–Kier alpha value is -2.37. The van der Waals surface area contributed by atoms with Gasteiger partial charge in [-0.25, -0.2) is 14.2 Å². The van der Waals surface area contributed by atoms with E-state index >= 15 is 0 Å². The summed E-state index contributed by atoms with van der Waals surface area (Å²) in [4.78, 5) is 16.9. The first kappa shape index (κ1) is 11.1. The fourth-order valence-electron chi connectivity index (χ4n) is 1.41. The molecule has 0 saturated heterocycles. The number of aromatic carboxylic acids is 1. The molecular weight excluding hydrogens is 227 g/mol. The minimum absolute atomic E-state index is 0.131. The van der Waals surface area contributed by atoms with Gasteiger partial charge in [0.1, 0.15) is 0 Å². The summed E-state index contributed by atoms with van der Waals surface area (Å²) in [5, 5.41) is 8.69. The number of nitrogens with zero attached hydrogens (tertiary/aromatic N) is 1. The zero-order chi connectivity index (χ0) is 12.4. The van der Waals surface area contributed by atoms with Crippen LogP contribution in [0.15, 0.2) is 24.4 Å². The SMILES string of the molecule is COc1ccc(-c2cnc(C(=O)O)[nH]2)cc1F. The number of aromatic amines is 1. The molecular formula is C11H9FN2O3. The number of halogens is 1. The summed E-state index contributed by atoms with van der Waals surface area (Å²) in [5.74, 6) is -1.73. The van der Waals surface area contributed by atoms with E-state index in [1.807, 2.05) is 0 Å². The predicted molar refractivity (Wildman–Crippen MR) is 57.5 cm³/mol. The van der Waals surface area contributed by atoms with Gasteiger partial charge in [0.25, 0.3) is 0 Å². The highest BCUT2D eigenvalue weighted by Gasteiger charge is 2.10. The topological polar surface area (TPSA) is 75.2 Å². The number of nitrogens with one attached hydrogen (secondary N) is 1. The molecule has 1 aromatic carbocycles. The number of carboxylic acid groups (broad SMARTS) is 1. The number of ether oxygens (including phenoxy) is 1. The second-order valence-electron chi connectivity index (χ2n) is 3.30. The van der Waals surface area contributed by atoms with Gasteiger partial charge < -0.3 is 14.8 Å². The first-order valence-corrected chi connectivity index (χ1v) is 4.74. The molecule has 0 aliphatic heterocycles. The molecule has 0 spiro atoms. The zero-order valence-electron chi connectivity index (χ0n) is 8.90. The molecule has 88 valence electrons. The summed E-state index contributed by atoms with van der Waals surface area (Å²) in [6.45, 7) is 0. The Balaban J connectivity index is 2.39. The van der Waals surface area contributed by atoms with Gasteiger partial charge in [0.15, 0.2) is 11.6 Å². The van der Waals surface area contributed by atoms with Crippen LogP contribution in [0.25, 0.3) is 11.3 Å². The van der Waals surface area contributed by atoms with Crippen molar-refractivity contribution in [1.82, 2.24) is 9.97 Å². The average Bonchev–Trinajstić information content (AvgIpc) is 2.78. The van der Waals surface area contributed by atoms with Crippen molar-refractivity contribution < 1.29 is 19.0 Å². The van der Waals surface area contributed by atoms with E-state index in [2.05, 4.69) is 9.97 Å². The normalized spacial score (nSPS) is 10.2. The molecule has 0 radical (unpaired) electrons. The Labute approximate surface area is 95.9 Å². The van der Waals surface area contributed by atoms with E-state index in [0.29, 0.717) is 11.3 Å². The quantitative estimate of drug-likeness (QED) is 0.853. The van der Waals surface area contributed by atoms with E-state index in [1.165, 1.54) is 25.4 Å². The summed E-state index contributed by atoms with van der Waals surface area (Å²) in [6.07, 6.45) is 1.34. The van der Waals surface area contributed by atoms with Crippen molar-refractivity contribution in [1.29, 1.82) is 0 Å². The Morgan fingerprint density at radius 2 is 2.29 bits per heavy atom. The van der Waals surface area contributed by atoms with Gasteiger partial charge in [-0.15, -0.1) is 0 Å². The van der Waals surface area contributed by atoms with Crippen LogP contribution in [-0.4, -0.2) is 28.2 Å². The number of hydrogen-bond acceptors (Lipinski definition) is 3. The molecule has 6 heteroatoms. The second-order valence-corrected chi connectivity index (χ2v) is 3.30. The number of carbonyl (C=O) groups is 1. The van der Waals surface area contributed by atoms with Gasteiger partial charge in [0, 0.05) is 5.56 Å². The molecule has 0 aliphatic carbocycles. The summed E-state index contributed by atoms with van der Waals surface area (Å²) in [5.41, 5.74) is 0.937. The second kappa shape index (κ2) is 4.25. The van der Waals surface area contributed by atoms with Crippen molar-refractivity contribution in [3.63, 3.8) is 0 Å². The molecule has 0 saturated carbocycles. The molecule has 2 N–H and O–H groups in total. The third-order valence-corrected chi connectivity index (χ3v) is 2.24.